The second kappa shape index (κ2) is 8.67. The van der Waals surface area contributed by atoms with Gasteiger partial charge in [0.1, 0.15) is 11.0 Å². The van der Waals surface area contributed by atoms with E-state index in [0.29, 0.717) is 41.7 Å². The molecule has 2 bridgehead atoms. The van der Waals surface area contributed by atoms with Gasteiger partial charge in [0, 0.05) is 51.3 Å². The summed E-state index contributed by atoms with van der Waals surface area (Å²) in [6.45, 7) is 13.5. The molecule has 2 aliphatic heterocycles. The van der Waals surface area contributed by atoms with E-state index in [1.165, 1.54) is 18.2 Å². The largest absolute Gasteiger partial charge is 0.353 e. The van der Waals surface area contributed by atoms with Crippen LogP contribution < -0.4 is 4.90 Å². The molecular weight excluding hydrogens is 446 g/mol. The number of hydrogen-bond donors (Lipinski definition) is 0. The molecule has 0 aromatic carbocycles. The number of halogens is 1. The molecule has 3 heterocycles. The second-order valence-corrected chi connectivity index (χ2v) is 12.2. The van der Waals surface area contributed by atoms with E-state index >= 15 is 0 Å². The van der Waals surface area contributed by atoms with E-state index in [2.05, 4.69) is 40.5 Å². The van der Waals surface area contributed by atoms with Crippen LogP contribution in [0.15, 0.2) is 11.2 Å². The SMILES string of the molecule is CC(=O)N1CCN(c2cc(Cl)nc(SCC(=O)N3CC4(C)CC3CC(C)(C)C4)n2)CC1C. The smallest absolute Gasteiger partial charge is 0.233 e. The van der Waals surface area contributed by atoms with Crippen LogP contribution in [-0.4, -0.2) is 75.6 Å². The van der Waals surface area contributed by atoms with Crippen LogP contribution >= 0.6 is 23.4 Å². The summed E-state index contributed by atoms with van der Waals surface area (Å²) in [6, 6.07) is 2.20. The molecule has 1 saturated carbocycles. The molecule has 3 fully saturated rings. The molecule has 0 N–H and O–H groups in total. The first kappa shape index (κ1) is 23.6. The van der Waals surface area contributed by atoms with Gasteiger partial charge >= 0.3 is 0 Å². The highest BCUT2D eigenvalue weighted by Gasteiger charge is 2.50. The Morgan fingerprint density at radius 1 is 1.19 bits per heavy atom. The lowest BCUT2D eigenvalue weighted by atomic mass is 9.65. The van der Waals surface area contributed by atoms with Gasteiger partial charge in [-0.3, -0.25) is 9.59 Å². The lowest BCUT2D eigenvalue weighted by Crippen LogP contribution is -2.53. The number of carbonyl (C=O) groups is 2. The molecule has 1 aromatic rings. The van der Waals surface area contributed by atoms with E-state index in [1.807, 2.05) is 11.8 Å². The van der Waals surface area contributed by atoms with Crippen LogP contribution in [0.2, 0.25) is 5.15 Å². The molecule has 9 heteroatoms. The minimum atomic E-state index is 0.0938. The van der Waals surface area contributed by atoms with Crippen molar-refractivity contribution in [2.24, 2.45) is 10.8 Å². The maximum atomic E-state index is 13.1. The zero-order valence-electron chi connectivity index (χ0n) is 19.7. The summed E-state index contributed by atoms with van der Waals surface area (Å²) in [4.78, 5) is 40.0. The molecule has 7 nitrogen and oxygen atoms in total. The Balaban J connectivity index is 1.40. The van der Waals surface area contributed by atoms with Crippen LogP contribution in [0.25, 0.3) is 0 Å². The van der Waals surface area contributed by atoms with Gasteiger partial charge in [-0.25, -0.2) is 9.97 Å². The van der Waals surface area contributed by atoms with Crippen molar-refractivity contribution in [3.63, 3.8) is 0 Å². The molecule has 32 heavy (non-hydrogen) atoms. The van der Waals surface area contributed by atoms with Gasteiger partial charge in [-0.2, -0.15) is 0 Å². The number of carbonyl (C=O) groups excluding carboxylic acids is 2. The Morgan fingerprint density at radius 3 is 2.62 bits per heavy atom. The molecular formula is C23H34ClN5O2S. The normalized spacial score (nSPS) is 29.4. The van der Waals surface area contributed by atoms with Gasteiger partial charge in [0.2, 0.25) is 11.8 Å². The number of nitrogens with zero attached hydrogens (tertiary/aromatic N) is 5. The topological polar surface area (TPSA) is 69.6 Å². The average molecular weight is 480 g/mol. The Hall–Kier alpha value is -1.54. The number of hydrogen-bond acceptors (Lipinski definition) is 6. The van der Waals surface area contributed by atoms with E-state index in [-0.39, 0.29) is 28.7 Å². The van der Waals surface area contributed by atoms with Crippen LogP contribution in [0, 0.1) is 10.8 Å². The van der Waals surface area contributed by atoms with Crippen molar-refractivity contribution < 1.29 is 9.59 Å². The molecule has 1 aromatic heterocycles. The van der Waals surface area contributed by atoms with Gasteiger partial charge in [-0.15, -0.1) is 0 Å². The fourth-order valence-electron chi connectivity index (χ4n) is 6.21. The second-order valence-electron chi connectivity index (χ2n) is 10.9. The number of likely N-dealkylation sites (tertiary alicyclic amines) is 1. The predicted octanol–water partition coefficient (Wildman–Crippen LogP) is 3.71. The van der Waals surface area contributed by atoms with Gasteiger partial charge in [0.25, 0.3) is 0 Å². The fraction of sp³-hybridized carbons (Fsp3) is 0.739. The number of amides is 2. The Kier molecular flexibility index (Phi) is 6.40. The van der Waals surface area contributed by atoms with E-state index in [4.69, 9.17) is 11.6 Å². The highest BCUT2D eigenvalue weighted by atomic mass is 35.5. The highest BCUT2D eigenvalue weighted by Crippen LogP contribution is 2.52. The van der Waals surface area contributed by atoms with Crippen LogP contribution in [0.4, 0.5) is 5.82 Å². The van der Waals surface area contributed by atoms with Gasteiger partial charge in [-0.05, 0) is 37.0 Å². The molecule has 4 rings (SSSR count). The lowest BCUT2D eigenvalue weighted by molar-refractivity contribution is -0.131. The third-order valence-electron chi connectivity index (χ3n) is 7.08. The lowest BCUT2D eigenvalue weighted by Gasteiger charge is -2.40. The first-order chi connectivity index (χ1) is 14.9. The van der Waals surface area contributed by atoms with Crippen LogP contribution in [0.1, 0.15) is 53.9 Å². The van der Waals surface area contributed by atoms with Crippen molar-refractivity contribution in [1.82, 2.24) is 19.8 Å². The summed E-state index contributed by atoms with van der Waals surface area (Å²) in [7, 11) is 0. The number of rotatable bonds is 4. The number of anilines is 1. The van der Waals surface area contributed by atoms with Gasteiger partial charge in [0.05, 0.1) is 5.75 Å². The summed E-state index contributed by atoms with van der Waals surface area (Å²) in [5.41, 5.74) is 0.513. The first-order valence-corrected chi connectivity index (χ1v) is 12.8. The highest BCUT2D eigenvalue weighted by molar-refractivity contribution is 7.99. The third kappa shape index (κ3) is 5.01. The number of aromatic nitrogens is 2. The van der Waals surface area contributed by atoms with Gasteiger partial charge < -0.3 is 14.7 Å². The van der Waals surface area contributed by atoms with Crippen molar-refractivity contribution in [2.45, 2.75) is 71.1 Å². The van der Waals surface area contributed by atoms with E-state index in [1.54, 1.807) is 13.0 Å². The number of piperazine rings is 1. The average Bonchev–Trinajstić information content (AvgIpc) is 2.94. The summed E-state index contributed by atoms with van der Waals surface area (Å²) >= 11 is 7.66. The third-order valence-corrected chi connectivity index (χ3v) is 8.10. The van der Waals surface area contributed by atoms with Crippen molar-refractivity contribution in [3.05, 3.63) is 11.2 Å². The van der Waals surface area contributed by atoms with Crippen molar-refractivity contribution in [1.29, 1.82) is 0 Å². The Labute approximate surface area is 200 Å². The monoisotopic (exact) mass is 479 g/mol. The standard InChI is InChI=1S/C23H34ClN5O2S/c1-15-11-27(6-7-28(15)16(2)30)19-8-18(24)25-21(26-19)32-12-20(31)29-14-23(5)10-17(29)9-22(3,4)13-23/h8,15,17H,6-7,9-14H2,1-5H3. The first-order valence-electron chi connectivity index (χ1n) is 11.4. The Bertz CT molecular complexity index is 912. The molecule has 1 aliphatic carbocycles. The van der Waals surface area contributed by atoms with Gasteiger partial charge in [0.15, 0.2) is 5.16 Å². The van der Waals surface area contributed by atoms with Crippen LogP contribution in [0.3, 0.4) is 0 Å². The molecule has 3 aliphatic rings. The number of thioether (sulfide) groups is 1. The summed E-state index contributed by atoms with van der Waals surface area (Å²) in [5.74, 6) is 1.33. The van der Waals surface area contributed by atoms with Crippen molar-refractivity contribution in [2.75, 3.05) is 36.8 Å². The van der Waals surface area contributed by atoms with E-state index in [9.17, 15) is 9.59 Å². The molecule has 3 atom stereocenters. The molecule has 3 unspecified atom stereocenters. The van der Waals surface area contributed by atoms with Crippen LogP contribution in [-0.2, 0) is 9.59 Å². The maximum Gasteiger partial charge on any atom is 0.233 e. The van der Waals surface area contributed by atoms with E-state index in [0.717, 1.165) is 25.2 Å². The van der Waals surface area contributed by atoms with E-state index < -0.39 is 0 Å². The maximum absolute atomic E-state index is 13.1. The predicted molar refractivity (Wildman–Crippen MR) is 128 cm³/mol. The minimum Gasteiger partial charge on any atom is -0.353 e. The molecule has 2 saturated heterocycles. The fourth-order valence-corrected chi connectivity index (χ4v) is 7.17. The minimum absolute atomic E-state index is 0.0938. The summed E-state index contributed by atoms with van der Waals surface area (Å²) in [5, 5.41) is 0.897. The Morgan fingerprint density at radius 2 is 1.94 bits per heavy atom. The molecule has 0 radical (unpaired) electrons. The molecule has 0 spiro atoms. The number of fused-ring (bicyclic) bond motifs is 2. The quantitative estimate of drug-likeness (QED) is 0.372. The zero-order valence-corrected chi connectivity index (χ0v) is 21.3. The zero-order chi connectivity index (χ0) is 23.3. The van der Waals surface area contributed by atoms with Gasteiger partial charge in [-0.1, -0.05) is 44.1 Å². The van der Waals surface area contributed by atoms with Crippen molar-refractivity contribution >= 4 is 41.0 Å². The summed E-state index contributed by atoms with van der Waals surface area (Å²) in [6.07, 6.45) is 3.35. The van der Waals surface area contributed by atoms with Crippen molar-refractivity contribution in [3.8, 4) is 0 Å². The molecule has 2 amide bonds. The summed E-state index contributed by atoms with van der Waals surface area (Å²) < 4.78 is 0. The van der Waals surface area contributed by atoms with Crippen LogP contribution in [0.5, 0.6) is 0 Å². The molecule has 176 valence electrons.